The first-order valence-electron chi connectivity index (χ1n) is 5.83. The van der Waals surface area contributed by atoms with Crippen molar-refractivity contribution in [1.29, 1.82) is 0 Å². The van der Waals surface area contributed by atoms with Crippen molar-refractivity contribution in [2.75, 3.05) is 31.7 Å². The molecule has 0 spiro atoms. The van der Waals surface area contributed by atoms with E-state index in [-0.39, 0.29) is 11.7 Å². The van der Waals surface area contributed by atoms with E-state index in [1.54, 1.807) is 13.2 Å². The fraction of sp³-hybridized carbons (Fsp3) is 0.538. The minimum atomic E-state index is -0.215. The molecule has 0 bridgehead atoms. The maximum absolute atomic E-state index is 13.6. The molecule has 0 aromatic heterocycles. The predicted octanol–water partition coefficient (Wildman–Crippen LogP) is 3.04. The summed E-state index contributed by atoms with van der Waals surface area (Å²) in [5, 5.41) is 0. The molecular formula is C13H17ClFNO. The zero-order valence-electron chi connectivity index (χ0n) is 9.96. The summed E-state index contributed by atoms with van der Waals surface area (Å²) in [6.07, 6.45) is 1.09. The summed E-state index contributed by atoms with van der Waals surface area (Å²) in [6, 6.07) is 5.14. The monoisotopic (exact) mass is 257 g/mol. The van der Waals surface area contributed by atoms with Crippen molar-refractivity contribution in [2.24, 2.45) is 5.92 Å². The number of halogens is 2. The molecule has 1 aliphatic heterocycles. The number of rotatable bonds is 4. The summed E-state index contributed by atoms with van der Waals surface area (Å²) in [4.78, 5) is 2.20. The molecule has 4 heteroatoms. The summed E-state index contributed by atoms with van der Waals surface area (Å²) in [5.74, 6) is 0.534. The van der Waals surface area contributed by atoms with Gasteiger partial charge in [-0.1, -0.05) is 6.07 Å². The Morgan fingerprint density at radius 3 is 3.06 bits per heavy atom. The van der Waals surface area contributed by atoms with E-state index in [4.69, 9.17) is 16.3 Å². The molecule has 0 N–H and O–H groups in total. The van der Waals surface area contributed by atoms with Crippen LogP contribution in [0.5, 0.6) is 0 Å². The predicted molar refractivity (Wildman–Crippen MR) is 68.2 cm³/mol. The molecule has 2 rings (SSSR count). The van der Waals surface area contributed by atoms with Crippen LogP contribution in [0.2, 0.25) is 0 Å². The van der Waals surface area contributed by atoms with Gasteiger partial charge in [-0.25, -0.2) is 4.39 Å². The molecule has 1 fully saturated rings. The van der Waals surface area contributed by atoms with Crippen molar-refractivity contribution in [3.05, 3.63) is 29.6 Å². The Labute approximate surface area is 106 Å². The molecule has 1 aromatic rings. The lowest BCUT2D eigenvalue weighted by Crippen LogP contribution is -2.22. The van der Waals surface area contributed by atoms with Gasteiger partial charge in [-0.2, -0.15) is 0 Å². The first-order valence-corrected chi connectivity index (χ1v) is 6.37. The SMILES string of the molecule is COCC1CCN(c2cccc(F)c2CCl)C1. The minimum absolute atomic E-state index is 0.215. The summed E-state index contributed by atoms with van der Waals surface area (Å²) >= 11 is 5.82. The van der Waals surface area contributed by atoms with Gasteiger partial charge in [-0.3, -0.25) is 0 Å². The number of alkyl halides is 1. The molecule has 1 aromatic carbocycles. The Morgan fingerprint density at radius 1 is 1.53 bits per heavy atom. The molecule has 2 nitrogen and oxygen atoms in total. The van der Waals surface area contributed by atoms with Crippen LogP contribution in [0.4, 0.5) is 10.1 Å². The summed E-state index contributed by atoms with van der Waals surface area (Å²) in [6.45, 7) is 2.63. The van der Waals surface area contributed by atoms with Crippen LogP contribution in [0.25, 0.3) is 0 Å². The topological polar surface area (TPSA) is 12.5 Å². The lowest BCUT2D eigenvalue weighted by atomic mass is 10.1. The molecule has 1 saturated heterocycles. The zero-order valence-corrected chi connectivity index (χ0v) is 10.7. The van der Waals surface area contributed by atoms with Crippen LogP contribution >= 0.6 is 11.6 Å². The molecule has 17 heavy (non-hydrogen) atoms. The van der Waals surface area contributed by atoms with Gasteiger partial charge in [0.2, 0.25) is 0 Å². The van der Waals surface area contributed by atoms with E-state index in [0.29, 0.717) is 11.5 Å². The second-order valence-corrected chi connectivity index (χ2v) is 4.69. The van der Waals surface area contributed by atoms with Crippen LogP contribution in [0, 0.1) is 11.7 Å². The third kappa shape index (κ3) is 2.72. The Bertz CT molecular complexity index is 386. The molecule has 1 heterocycles. The molecular weight excluding hydrogens is 241 g/mol. The number of ether oxygens (including phenoxy) is 1. The number of anilines is 1. The number of nitrogens with zero attached hydrogens (tertiary/aromatic N) is 1. The summed E-state index contributed by atoms with van der Waals surface area (Å²) in [5.41, 5.74) is 1.53. The van der Waals surface area contributed by atoms with Gasteiger partial charge in [0.15, 0.2) is 0 Å². The van der Waals surface area contributed by atoms with Crippen LogP contribution in [-0.2, 0) is 10.6 Å². The highest BCUT2D eigenvalue weighted by atomic mass is 35.5. The second kappa shape index (κ2) is 5.69. The third-order valence-corrected chi connectivity index (χ3v) is 3.52. The maximum atomic E-state index is 13.6. The Hall–Kier alpha value is -0.800. The molecule has 0 amide bonds. The molecule has 1 aliphatic rings. The van der Waals surface area contributed by atoms with Gasteiger partial charge in [-0.15, -0.1) is 11.6 Å². The van der Waals surface area contributed by atoms with E-state index < -0.39 is 0 Å². The van der Waals surface area contributed by atoms with Gasteiger partial charge >= 0.3 is 0 Å². The normalized spacial score (nSPS) is 19.9. The van der Waals surface area contributed by atoms with Gasteiger partial charge in [0, 0.05) is 37.4 Å². The van der Waals surface area contributed by atoms with Gasteiger partial charge in [0.05, 0.1) is 12.5 Å². The highest BCUT2D eigenvalue weighted by Crippen LogP contribution is 2.29. The first kappa shape index (κ1) is 12.7. The van der Waals surface area contributed by atoms with Crippen LogP contribution < -0.4 is 4.90 Å². The van der Waals surface area contributed by atoms with E-state index >= 15 is 0 Å². The van der Waals surface area contributed by atoms with Gasteiger partial charge in [0.1, 0.15) is 5.82 Å². The number of benzene rings is 1. The Morgan fingerprint density at radius 2 is 2.35 bits per heavy atom. The van der Waals surface area contributed by atoms with E-state index in [2.05, 4.69) is 4.90 Å². The van der Waals surface area contributed by atoms with Crippen molar-refractivity contribution in [2.45, 2.75) is 12.3 Å². The maximum Gasteiger partial charge on any atom is 0.129 e. The molecule has 1 unspecified atom stereocenters. The van der Waals surface area contributed by atoms with Crippen molar-refractivity contribution in [3.8, 4) is 0 Å². The average molecular weight is 258 g/mol. The molecule has 94 valence electrons. The zero-order chi connectivity index (χ0) is 12.3. The second-order valence-electron chi connectivity index (χ2n) is 4.43. The Balaban J connectivity index is 2.15. The van der Waals surface area contributed by atoms with E-state index in [1.165, 1.54) is 6.07 Å². The highest BCUT2D eigenvalue weighted by Gasteiger charge is 2.24. The van der Waals surface area contributed by atoms with E-state index in [0.717, 1.165) is 31.8 Å². The van der Waals surface area contributed by atoms with Crippen LogP contribution in [0.1, 0.15) is 12.0 Å². The largest absolute Gasteiger partial charge is 0.384 e. The lowest BCUT2D eigenvalue weighted by Gasteiger charge is -2.21. The van der Waals surface area contributed by atoms with E-state index in [1.807, 2.05) is 6.07 Å². The van der Waals surface area contributed by atoms with Gasteiger partial charge in [0.25, 0.3) is 0 Å². The van der Waals surface area contributed by atoms with Gasteiger partial charge < -0.3 is 9.64 Å². The average Bonchev–Trinajstić information content (AvgIpc) is 2.78. The molecule has 1 atom stereocenters. The summed E-state index contributed by atoms with van der Waals surface area (Å²) < 4.78 is 18.8. The third-order valence-electron chi connectivity index (χ3n) is 3.26. The number of hydrogen-bond acceptors (Lipinski definition) is 2. The quantitative estimate of drug-likeness (QED) is 0.769. The minimum Gasteiger partial charge on any atom is -0.384 e. The van der Waals surface area contributed by atoms with Crippen molar-refractivity contribution in [1.82, 2.24) is 0 Å². The molecule has 0 saturated carbocycles. The van der Waals surface area contributed by atoms with Crippen LogP contribution in [0.15, 0.2) is 18.2 Å². The lowest BCUT2D eigenvalue weighted by molar-refractivity contribution is 0.161. The van der Waals surface area contributed by atoms with Crippen molar-refractivity contribution in [3.63, 3.8) is 0 Å². The van der Waals surface area contributed by atoms with Crippen LogP contribution in [-0.4, -0.2) is 26.8 Å². The number of methoxy groups -OCH3 is 1. The van der Waals surface area contributed by atoms with Crippen molar-refractivity contribution < 1.29 is 9.13 Å². The van der Waals surface area contributed by atoms with Gasteiger partial charge in [-0.05, 0) is 18.6 Å². The molecule has 0 aliphatic carbocycles. The first-order chi connectivity index (χ1) is 8.26. The standard InChI is InChI=1S/C13H17ClFNO/c1-17-9-10-5-6-16(8-10)13-4-2-3-12(15)11(13)7-14/h2-4,10H,5-9H2,1H3. The van der Waals surface area contributed by atoms with E-state index in [9.17, 15) is 4.39 Å². The highest BCUT2D eigenvalue weighted by molar-refractivity contribution is 6.17. The van der Waals surface area contributed by atoms with Crippen LogP contribution in [0.3, 0.4) is 0 Å². The van der Waals surface area contributed by atoms with Crippen molar-refractivity contribution >= 4 is 17.3 Å². The Kier molecular flexibility index (Phi) is 4.24. The number of hydrogen-bond donors (Lipinski definition) is 0. The fourth-order valence-electron chi connectivity index (χ4n) is 2.40. The smallest absolute Gasteiger partial charge is 0.129 e. The molecule has 0 radical (unpaired) electrons. The summed E-state index contributed by atoms with van der Waals surface area (Å²) in [7, 11) is 1.72. The fourth-order valence-corrected chi connectivity index (χ4v) is 2.66.